The van der Waals surface area contributed by atoms with Crippen molar-refractivity contribution in [3.63, 3.8) is 0 Å². The van der Waals surface area contributed by atoms with Crippen LogP contribution in [0.15, 0.2) is 18.2 Å². The van der Waals surface area contributed by atoms with Crippen LogP contribution in [0.2, 0.25) is 0 Å². The highest BCUT2D eigenvalue weighted by Crippen LogP contribution is 2.22. The van der Waals surface area contributed by atoms with Crippen molar-refractivity contribution in [1.29, 1.82) is 0 Å². The van der Waals surface area contributed by atoms with Gasteiger partial charge in [0.15, 0.2) is 6.61 Å². The lowest BCUT2D eigenvalue weighted by atomic mass is 10.0. The van der Waals surface area contributed by atoms with Gasteiger partial charge >= 0.3 is 0 Å². The lowest BCUT2D eigenvalue weighted by Crippen LogP contribution is -2.44. The molecule has 0 radical (unpaired) electrons. The molecule has 128 valence electrons. The summed E-state index contributed by atoms with van der Waals surface area (Å²) in [5.41, 5.74) is 2.13. The molecular formula is C19H30N2O2. The van der Waals surface area contributed by atoms with Crippen molar-refractivity contribution in [1.82, 2.24) is 10.2 Å². The van der Waals surface area contributed by atoms with Crippen LogP contribution in [0.5, 0.6) is 5.75 Å². The highest BCUT2D eigenvalue weighted by atomic mass is 16.5. The summed E-state index contributed by atoms with van der Waals surface area (Å²) in [5, 5.41) is 2.98. The third kappa shape index (κ3) is 5.24. The fourth-order valence-electron chi connectivity index (χ4n) is 3.37. The van der Waals surface area contributed by atoms with E-state index in [9.17, 15) is 4.79 Å². The van der Waals surface area contributed by atoms with Crippen molar-refractivity contribution >= 4 is 5.91 Å². The van der Waals surface area contributed by atoms with E-state index in [1.165, 1.54) is 25.7 Å². The van der Waals surface area contributed by atoms with E-state index in [0.29, 0.717) is 12.6 Å². The Morgan fingerprint density at radius 3 is 2.74 bits per heavy atom. The van der Waals surface area contributed by atoms with Gasteiger partial charge in [0.1, 0.15) is 5.75 Å². The topological polar surface area (TPSA) is 41.6 Å². The first-order valence-corrected chi connectivity index (χ1v) is 8.81. The minimum Gasteiger partial charge on any atom is -0.483 e. The van der Waals surface area contributed by atoms with E-state index < -0.39 is 0 Å². The van der Waals surface area contributed by atoms with Gasteiger partial charge in [-0.15, -0.1) is 0 Å². The summed E-state index contributed by atoms with van der Waals surface area (Å²) >= 11 is 0. The van der Waals surface area contributed by atoms with Crippen LogP contribution in [-0.4, -0.2) is 43.1 Å². The molecule has 1 amide bonds. The normalized spacial score (nSPS) is 18.7. The number of amides is 1. The summed E-state index contributed by atoms with van der Waals surface area (Å²) in [5.74, 6) is 0.780. The van der Waals surface area contributed by atoms with Gasteiger partial charge in [0.2, 0.25) is 0 Å². The second-order valence-electron chi connectivity index (χ2n) is 6.45. The van der Waals surface area contributed by atoms with Crippen LogP contribution in [0, 0.1) is 13.8 Å². The van der Waals surface area contributed by atoms with Crippen molar-refractivity contribution in [2.24, 2.45) is 0 Å². The summed E-state index contributed by atoms with van der Waals surface area (Å²) in [7, 11) is 0. The molecule has 4 nitrogen and oxygen atoms in total. The largest absolute Gasteiger partial charge is 0.483 e. The number of nitrogens with zero attached hydrogens (tertiary/aromatic N) is 1. The fourth-order valence-corrected chi connectivity index (χ4v) is 3.37. The number of hydrogen-bond donors (Lipinski definition) is 1. The molecule has 1 aliphatic heterocycles. The molecule has 1 N–H and O–H groups in total. The van der Waals surface area contributed by atoms with Crippen molar-refractivity contribution in [2.45, 2.75) is 52.5 Å². The Balaban J connectivity index is 1.71. The minimum absolute atomic E-state index is 0.0438. The zero-order valence-electron chi connectivity index (χ0n) is 14.7. The van der Waals surface area contributed by atoms with Crippen molar-refractivity contribution in [3.8, 4) is 5.75 Å². The number of para-hydroxylation sites is 1. The monoisotopic (exact) mass is 318 g/mol. The van der Waals surface area contributed by atoms with Crippen LogP contribution in [0.3, 0.4) is 0 Å². The fraction of sp³-hybridized carbons (Fsp3) is 0.632. The third-order valence-corrected chi connectivity index (χ3v) is 4.70. The molecule has 1 fully saturated rings. The van der Waals surface area contributed by atoms with Crippen molar-refractivity contribution in [3.05, 3.63) is 29.3 Å². The predicted octanol–water partition coefficient (Wildman–Crippen LogP) is 3.06. The quantitative estimate of drug-likeness (QED) is 0.840. The third-order valence-electron chi connectivity index (χ3n) is 4.70. The molecule has 2 rings (SSSR count). The van der Waals surface area contributed by atoms with E-state index in [1.807, 2.05) is 32.0 Å². The zero-order chi connectivity index (χ0) is 16.7. The van der Waals surface area contributed by atoms with E-state index in [1.54, 1.807) is 0 Å². The van der Waals surface area contributed by atoms with Gasteiger partial charge in [-0.05, 0) is 50.8 Å². The lowest BCUT2D eigenvalue weighted by molar-refractivity contribution is -0.123. The Kier molecular flexibility index (Phi) is 6.90. The summed E-state index contributed by atoms with van der Waals surface area (Å²) in [6.07, 6.45) is 5.11. The molecule has 0 saturated carbocycles. The van der Waals surface area contributed by atoms with Crippen LogP contribution >= 0.6 is 0 Å². The average Bonchev–Trinajstić information content (AvgIpc) is 2.55. The summed E-state index contributed by atoms with van der Waals surface area (Å²) in [6.45, 7) is 9.14. The number of ether oxygens (including phenoxy) is 1. The molecule has 23 heavy (non-hydrogen) atoms. The zero-order valence-corrected chi connectivity index (χ0v) is 14.7. The van der Waals surface area contributed by atoms with Gasteiger partial charge in [0.05, 0.1) is 0 Å². The Labute approximate surface area is 140 Å². The summed E-state index contributed by atoms with van der Waals surface area (Å²) in [6, 6.07) is 6.69. The highest BCUT2D eigenvalue weighted by molar-refractivity contribution is 5.77. The maximum atomic E-state index is 12.0. The predicted molar refractivity (Wildman–Crippen MR) is 93.9 cm³/mol. The molecule has 0 aliphatic carbocycles. The molecule has 1 aliphatic rings. The molecule has 1 aromatic carbocycles. The number of carbonyl (C=O) groups excluding carboxylic acids is 1. The standard InChI is InChI=1S/C19H30N2O2/c1-4-17-10-5-6-12-21(17)13-11-20-18(22)14-23-19-15(2)8-7-9-16(19)3/h7-9,17H,4-6,10-14H2,1-3H3,(H,20,22). The Hall–Kier alpha value is -1.55. The first kappa shape index (κ1) is 17.8. The SMILES string of the molecule is CCC1CCCCN1CCNC(=O)COc1c(C)cccc1C. The number of aryl methyl sites for hydroxylation is 2. The van der Waals surface area contributed by atoms with Crippen LogP contribution in [-0.2, 0) is 4.79 Å². The molecular weight excluding hydrogens is 288 g/mol. The first-order valence-electron chi connectivity index (χ1n) is 8.81. The highest BCUT2D eigenvalue weighted by Gasteiger charge is 2.20. The Morgan fingerprint density at radius 2 is 2.04 bits per heavy atom. The van der Waals surface area contributed by atoms with E-state index in [4.69, 9.17) is 4.74 Å². The van der Waals surface area contributed by atoms with Gasteiger partial charge < -0.3 is 10.1 Å². The average molecular weight is 318 g/mol. The summed E-state index contributed by atoms with van der Waals surface area (Å²) in [4.78, 5) is 14.5. The van der Waals surface area contributed by atoms with Gasteiger partial charge in [-0.3, -0.25) is 9.69 Å². The second-order valence-corrected chi connectivity index (χ2v) is 6.45. The van der Waals surface area contributed by atoms with Crippen LogP contribution in [0.1, 0.15) is 43.7 Å². The molecule has 1 heterocycles. The van der Waals surface area contributed by atoms with Crippen LogP contribution in [0.4, 0.5) is 0 Å². The van der Waals surface area contributed by atoms with Crippen LogP contribution < -0.4 is 10.1 Å². The smallest absolute Gasteiger partial charge is 0.257 e. The molecule has 1 aromatic rings. The van der Waals surface area contributed by atoms with Gasteiger partial charge in [-0.1, -0.05) is 31.5 Å². The molecule has 1 atom stereocenters. The first-order chi connectivity index (χ1) is 11.1. The molecule has 4 heteroatoms. The van der Waals surface area contributed by atoms with Crippen molar-refractivity contribution < 1.29 is 9.53 Å². The Bertz CT molecular complexity index is 496. The van der Waals surface area contributed by atoms with E-state index in [-0.39, 0.29) is 12.5 Å². The maximum Gasteiger partial charge on any atom is 0.257 e. The van der Waals surface area contributed by atoms with Crippen LogP contribution in [0.25, 0.3) is 0 Å². The molecule has 0 spiro atoms. The Morgan fingerprint density at radius 1 is 1.30 bits per heavy atom. The number of rotatable bonds is 7. The van der Waals surface area contributed by atoms with E-state index >= 15 is 0 Å². The van der Waals surface area contributed by atoms with Gasteiger partial charge in [-0.25, -0.2) is 0 Å². The van der Waals surface area contributed by atoms with Crippen molar-refractivity contribution in [2.75, 3.05) is 26.2 Å². The molecule has 1 unspecified atom stereocenters. The lowest BCUT2D eigenvalue weighted by Gasteiger charge is -2.35. The number of nitrogens with one attached hydrogen (secondary N) is 1. The number of benzene rings is 1. The number of hydrogen-bond acceptors (Lipinski definition) is 3. The van der Waals surface area contributed by atoms with E-state index in [0.717, 1.165) is 30.0 Å². The minimum atomic E-state index is -0.0438. The number of likely N-dealkylation sites (tertiary alicyclic amines) is 1. The molecule has 1 saturated heterocycles. The maximum absolute atomic E-state index is 12.0. The van der Waals surface area contributed by atoms with E-state index in [2.05, 4.69) is 17.1 Å². The van der Waals surface area contributed by atoms with Gasteiger partial charge in [0.25, 0.3) is 5.91 Å². The number of carbonyl (C=O) groups is 1. The van der Waals surface area contributed by atoms with Gasteiger partial charge in [0, 0.05) is 19.1 Å². The molecule has 0 bridgehead atoms. The molecule has 0 aromatic heterocycles. The summed E-state index contributed by atoms with van der Waals surface area (Å²) < 4.78 is 5.69. The second kappa shape index (κ2) is 8.92. The number of piperidine rings is 1. The van der Waals surface area contributed by atoms with Gasteiger partial charge in [-0.2, -0.15) is 0 Å².